The molecule has 1 aliphatic heterocycles. The largest absolute Gasteiger partial charge is 0.379 e. The number of rotatable bonds is 5. The van der Waals surface area contributed by atoms with Crippen molar-refractivity contribution >= 4 is 39.1 Å². The van der Waals surface area contributed by atoms with E-state index in [1.807, 2.05) is 0 Å². The zero-order valence-electron chi connectivity index (χ0n) is 14.3. The minimum atomic E-state index is -3.65. The summed E-state index contributed by atoms with van der Waals surface area (Å²) in [5.41, 5.74) is 0.857. The molecule has 1 N–H and O–H groups in total. The molecule has 3 rings (SSSR count). The van der Waals surface area contributed by atoms with E-state index in [1.165, 1.54) is 16.4 Å². The Morgan fingerprint density at radius 3 is 2.48 bits per heavy atom. The van der Waals surface area contributed by atoms with E-state index >= 15 is 0 Å². The topological polar surface area (TPSA) is 75.7 Å². The Hall–Kier alpha value is -1.64. The zero-order chi connectivity index (χ0) is 19.4. The summed E-state index contributed by atoms with van der Waals surface area (Å²) >= 11 is 11.8. The quantitative estimate of drug-likeness (QED) is 0.793. The number of halogens is 2. The number of ether oxygens (including phenoxy) is 1. The van der Waals surface area contributed by atoms with Crippen LogP contribution in [0.1, 0.15) is 15.9 Å². The fraction of sp³-hybridized carbons (Fsp3) is 0.278. The molecule has 0 radical (unpaired) electrons. The van der Waals surface area contributed by atoms with E-state index in [1.54, 1.807) is 30.3 Å². The first-order chi connectivity index (χ1) is 12.9. The molecule has 0 bridgehead atoms. The van der Waals surface area contributed by atoms with E-state index < -0.39 is 10.0 Å². The van der Waals surface area contributed by atoms with Crippen LogP contribution in [0.15, 0.2) is 47.4 Å². The first kappa shape index (κ1) is 20.1. The molecule has 144 valence electrons. The van der Waals surface area contributed by atoms with Crippen LogP contribution < -0.4 is 5.32 Å². The van der Waals surface area contributed by atoms with Crippen molar-refractivity contribution in [3.63, 3.8) is 0 Å². The minimum Gasteiger partial charge on any atom is -0.379 e. The summed E-state index contributed by atoms with van der Waals surface area (Å²) in [5, 5.41) is 3.36. The molecule has 1 aliphatic rings. The molecule has 0 aromatic heterocycles. The summed E-state index contributed by atoms with van der Waals surface area (Å²) in [7, 11) is -3.65. The molecule has 1 amide bonds. The van der Waals surface area contributed by atoms with Crippen LogP contribution >= 0.6 is 23.2 Å². The maximum absolute atomic E-state index is 12.9. The number of nitrogens with one attached hydrogen (secondary N) is 1. The molecule has 1 fully saturated rings. The Morgan fingerprint density at radius 2 is 1.78 bits per heavy atom. The highest BCUT2D eigenvalue weighted by Crippen LogP contribution is 2.23. The average Bonchev–Trinajstić information content (AvgIpc) is 2.69. The smallest absolute Gasteiger partial charge is 0.251 e. The van der Waals surface area contributed by atoms with Crippen molar-refractivity contribution in [3.05, 3.63) is 63.6 Å². The van der Waals surface area contributed by atoms with Crippen LogP contribution in [0.4, 0.5) is 0 Å². The van der Waals surface area contributed by atoms with Crippen molar-refractivity contribution in [2.45, 2.75) is 11.4 Å². The lowest BCUT2D eigenvalue weighted by molar-refractivity contribution is 0.0730. The van der Waals surface area contributed by atoms with Crippen LogP contribution in [0.25, 0.3) is 0 Å². The van der Waals surface area contributed by atoms with Crippen molar-refractivity contribution in [1.29, 1.82) is 0 Å². The van der Waals surface area contributed by atoms with Gasteiger partial charge in [0.15, 0.2) is 0 Å². The predicted octanol–water partition coefficient (Wildman–Crippen LogP) is 2.94. The summed E-state index contributed by atoms with van der Waals surface area (Å²) in [4.78, 5) is 12.5. The Labute approximate surface area is 168 Å². The Balaban J connectivity index is 1.78. The van der Waals surface area contributed by atoms with Crippen LogP contribution in [-0.4, -0.2) is 44.9 Å². The van der Waals surface area contributed by atoms with Crippen LogP contribution in [0, 0.1) is 0 Å². The van der Waals surface area contributed by atoms with Crippen LogP contribution in [0.5, 0.6) is 0 Å². The van der Waals surface area contributed by atoms with Gasteiger partial charge in [-0.15, -0.1) is 0 Å². The van der Waals surface area contributed by atoms with Gasteiger partial charge in [-0.25, -0.2) is 8.42 Å². The van der Waals surface area contributed by atoms with Gasteiger partial charge >= 0.3 is 0 Å². The van der Waals surface area contributed by atoms with Gasteiger partial charge in [0, 0.05) is 25.2 Å². The molecule has 0 spiro atoms. The highest BCUT2D eigenvalue weighted by Gasteiger charge is 2.28. The number of nitrogens with zero attached hydrogens (tertiary/aromatic N) is 1. The van der Waals surface area contributed by atoms with Crippen molar-refractivity contribution in [1.82, 2.24) is 9.62 Å². The Morgan fingerprint density at radius 1 is 1.07 bits per heavy atom. The predicted molar refractivity (Wildman–Crippen MR) is 104 cm³/mol. The lowest BCUT2D eigenvalue weighted by Crippen LogP contribution is -2.41. The number of benzene rings is 2. The Kier molecular flexibility index (Phi) is 6.39. The number of hydrogen-bond donors (Lipinski definition) is 1. The van der Waals surface area contributed by atoms with Crippen molar-refractivity contribution in [2.24, 2.45) is 0 Å². The molecule has 0 saturated carbocycles. The fourth-order valence-electron chi connectivity index (χ4n) is 2.74. The Bertz CT molecular complexity index is 944. The normalized spacial score (nSPS) is 15.5. The third-order valence-corrected chi connectivity index (χ3v) is 6.92. The standard InChI is InChI=1S/C18H18Cl2N2O4S/c19-15-6-5-13(11-16(15)20)18(23)21-12-14-3-1-2-4-17(14)27(24,25)22-7-9-26-10-8-22/h1-6,11H,7-10,12H2,(H,21,23). The summed E-state index contributed by atoms with van der Waals surface area (Å²) in [5.74, 6) is -0.368. The lowest BCUT2D eigenvalue weighted by atomic mass is 10.2. The summed E-state index contributed by atoms with van der Waals surface area (Å²) < 4.78 is 32.5. The average molecular weight is 429 g/mol. The van der Waals surface area contributed by atoms with Gasteiger partial charge in [0.1, 0.15) is 0 Å². The van der Waals surface area contributed by atoms with E-state index in [2.05, 4.69) is 5.32 Å². The number of morpholine rings is 1. The second-order valence-corrected chi connectivity index (χ2v) is 8.66. The third-order valence-electron chi connectivity index (χ3n) is 4.18. The lowest BCUT2D eigenvalue weighted by Gasteiger charge is -2.27. The molecule has 1 saturated heterocycles. The van der Waals surface area contributed by atoms with Gasteiger partial charge in [0.05, 0.1) is 28.2 Å². The molecule has 0 atom stereocenters. The van der Waals surface area contributed by atoms with Crippen LogP contribution in [-0.2, 0) is 21.3 Å². The second-order valence-electron chi connectivity index (χ2n) is 5.94. The molecule has 2 aromatic carbocycles. The first-order valence-corrected chi connectivity index (χ1v) is 10.5. The summed E-state index contributed by atoms with van der Waals surface area (Å²) in [6, 6.07) is 11.2. The van der Waals surface area contributed by atoms with E-state index in [9.17, 15) is 13.2 Å². The minimum absolute atomic E-state index is 0.0683. The molecular weight excluding hydrogens is 411 g/mol. The second kappa shape index (κ2) is 8.58. The third kappa shape index (κ3) is 4.62. The van der Waals surface area contributed by atoms with Gasteiger partial charge in [0.2, 0.25) is 10.0 Å². The highest BCUT2D eigenvalue weighted by molar-refractivity contribution is 7.89. The van der Waals surface area contributed by atoms with Gasteiger partial charge in [-0.3, -0.25) is 4.79 Å². The molecule has 27 heavy (non-hydrogen) atoms. The molecule has 0 unspecified atom stereocenters. The number of carbonyl (C=O) groups excluding carboxylic acids is 1. The molecule has 2 aromatic rings. The van der Waals surface area contributed by atoms with Crippen LogP contribution in [0.3, 0.4) is 0 Å². The number of sulfonamides is 1. The highest BCUT2D eigenvalue weighted by atomic mass is 35.5. The van der Waals surface area contributed by atoms with Crippen LogP contribution in [0.2, 0.25) is 10.0 Å². The van der Waals surface area contributed by atoms with Crippen molar-refractivity contribution < 1.29 is 17.9 Å². The number of hydrogen-bond acceptors (Lipinski definition) is 4. The van der Waals surface area contributed by atoms with E-state index in [0.29, 0.717) is 42.5 Å². The zero-order valence-corrected chi connectivity index (χ0v) is 16.6. The molecule has 9 heteroatoms. The van der Waals surface area contributed by atoms with E-state index in [4.69, 9.17) is 27.9 Å². The molecule has 0 aliphatic carbocycles. The number of amides is 1. The first-order valence-electron chi connectivity index (χ1n) is 8.28. The number of carbonyl (C=O) groups is 1. The van der Waals surface area contributed by atoms with E-state index in [0.717, 1.165) is 0 Å². The molecular formula is C18H18Cl2N2O4S. The molecule has 6 nitrogen and oxygen atoms in total. The molecule has 1 heterocycles. The monoisotopic (exact) mass is 428 g/mol. The van der Waals surface area contributed by atoms with E-state index in [-0.39, 0.29) is 22.4 Å². The van der Waals surface area contributed by atoms with Crippen molar-refractivity contribution in [3.8, 4) is 0 Å². The van der Waals surface area contributed by atoms with Gasteiger partial charge in [0.25, 0.3) is 5.91 Å². The summed E-state index contributed by atoms with van der Waals surface area (Å²) in [6.07, 6.45) is 0. The van der Waals surface area contributed by atoms with Gasteiger partial charge in [-0.05, 0) is 29.8 Å². The maximum Gasteiger partial charge on any atom is 0.251 e. The summed E-state index contributed by atoms with van der Waals surface area (Å²) in [6.45, 7) is 1.43. The maximum atomic E-state index is 12.9. The SMILES string of the molecule is O=C(NCc1ccccc1S(=O)(=O)N1CCOCC1)c1ccc(Cl)c(Cl)c1. The van der Waals surface area contributed by atoms with Gasteiger partial charge in [-0.1, -0.05) is 41.4 Å². The van der Waals surface area contributed by atoms with Gasteiger partial charge in [-0.2, -0.15) is 4.31 Å². The fourth-order valence-corrected chi connectivity index (χ4v) is 4.67. The van der Waals surface area contributed by atoms with Gasteiger partial charge < -0.3 is 10.1 Å². The van der Waals surface area contributed by atoms with Crippen molar-refractivity contribution in [2.75, 3.05) is 26.3 Å².